The predicted molar refractivity (Wildman–Crippen MR) is 103 cm³/mol. The Hall–Kier alpha value is -1.73. The molecule has 140 valence electrons. The monoisotopic (exact) mass is 392 g/mol. The van der Waals surface area contributed by atoms with Crippen molar-refractivity contribution in [1.82, 2.24) is 10.3 Å². The van der Waals surface area contributed by atoms with Crippen LogP contribution in [0.4, 0.5) is 0 Å². The van der Waals surface area contributed by atoms with Crippen LogP contribution < -0.4 is 5.32 Å². The van der Waals surface area contributed by atoms with Gasteiger partial charge in [0.05, 0.1) is 22.9 Å². The smallest absolute Gasteiger partial charge is 0.221 e. The zero-order valence-electron chi connectivity index (χ0n) is 14.7. The average Bonchev–Trinajstić information content (AvgIpc) is 3.15. The van der Waals surface area contributed by atoms with Gasteiger partial charge in [0.2, 0.25) is 5.91 Å². The van der Waals surface area contributed by atoms with Crippen LogP contribution >= 0.6 is 11.3 Å². The van der Waals surface area contributed by atoms with E-state index in [-0.39, 0.29) is 23.0 Å². The number of sulfone groups is 1. The molecule has 2 aromatic rings. The van der Waals surface area contributed by atoms with Gasteiger partial charge in [-0.15, -0.1) is 11.3 Å². The highest BCUT2D eigenvalue weighted by Gasteiger charge is 2.19. The SMILES string of the molecule is O=C(CCS(=O)(=O)c1ccccc1)NCc1nc(C2CCCCC2)cs1. The molecule has 1 aromatic heterocycles. The highest BCUT2D eigenvalue weighted by atomic mass is 32.2. The summed E-state index contributed by atoms with van der Waals surface area (Å²) < 4.78 is 24.4. The van der Waals surface area contributed by atoms with Crippen LogP contribution in [0.1, 0.15) is 55.1 Å². The number of nitrogens with zero attached hydrogens (tertiary/aromatic N) is 1. The first-order chi connectivity index (χ1) is 12.5. The minimum absolute atomic E-state index is 0.0436. The summed E-state index contributed by atoms with van der Waals surface area (Å²) in [5.41, 5.74) is 1.14. The Labute approximate surface area is 158 Å². The summed E-state index contributed by atoms with van der Waals surface area (Å²) in [4.78, 5) is 16.9. The molecule has 1 heterocycles. The van der Waals surface area contributed by atoms with Gasteiger partial charge in [-0.05, 0) is 25.0 Å². The molecule has 3 rings (SSSR count). The Bertz CT molecular complexity index is 825. The van der Waals surface area contributed by atoms with Gasteiger partial charge in [0.25, 0.3) is 0 Å². The van der Waals surface area contributed by atoms with E-state index in [0.29, 0.717) is 12.5 Å². The predicted octanol–water partition coefficient (Wildman–Crippen LogP) is 3.67. The van der Waals surface area contributed by atoms with E-state index in [1.54, 1.807) is 41.7 Å². The molecule has 1 fully saturated rings. The van der Waals surface area contributed by atoms with Crippen molar-refractivity contribution in [3.63, 3.8) is 0 Å². The van der Waals surface area contributed by atoms with E-state index in [4.69, 9.17) is 0 Å². The largest absolute Gasteiger partial charge is 0.350 e. The lowest BCUT2D eigenvalue weighted by Gasteiger charge is -2.19. The van der Waals surface area contributed by atoms with Crippen molar-refractivity contribution >= 4 is 27.1 Å². The van der Waals surface area contributed by atoms with Crippen molar-refractivity contribution in [3.05, 3.63) is 46.4 Å². The van der Waals surface area contributed by atoms with E-state index >= 15 is 0 Å². The first-order valence-corrected chi connectivity index (χ1v) is 11.6. The highest BCUT2D eigenvalue weighted by Crippen LogP contribution is 2.32. The molecule has 1 aliphatic carbocycles. The molecule has 0 bridgehead atoms. The molecule has 1 N–H and O–H groups in total. The maximum Gasteiger partial charge on any atom is 0.221 e. The fourth-order valence-electron chi connectivity index (χ4n) is 3.23. The molecule has 0 saturated heterocycles. The van der Waals surface area contributed by atoms with E-state index in [9.17, 15) is 13.2 Å². The fraction of sp³-hybridized carbons (Fsp3) is 0.474. The first kappa shape index (κ1) is 19.0. The second-order valence-electron chi connectivity index (χ2n) is 6.66. The minimum atomic E-state index is -3.42. The van der Waals surface area contributed by atoms with Crippen molar-refractivity contribution in [2.75, 3.05) is 5.75 Å². The van der Waals surface area contributed by atoms with E-state index in [1.165, 1.54) is 32.1 Å². The normalized spacial score (nSPS) is 15.7. The third-order valence-electron chi connectivity index (χ3n) is 4.73. The van der Waals surface area contributed by atoms with Gasteiger partial charge >= 0.3 is 0 Å². The van der Waals surface area contributed by atoms with E-state index < -0.39 is 9.84 Å². The average molecular weight is 393 g/mol. The van der Waals surface area contributed by atoms with E-state index in [2.05, 4.69) is 15.7 Å². The second kappa shape index (κ2) is 8.77. The third kappa shape index (κ3) is 5.14. The van der Waals surface area contributed by atoms with Gasteiger partial charge in [0, 0.05) is 17.7 Å². The van der Waals surface area contributed by atoms with Crippen LogP contribution in [0.5, 0.6) is 0 Å². The second-order valence-corrected chi connectivity index (χ2v) is 9.71. The van der Waals surface area contributed by atoms with Gasteiger partial charge in [-0.1, -0.05) is 37.5 Å². The molecule has 26 heavy (non-hydrogen) atoms. The van der Waals surface area contributed by atoms with E-state index in [1.807, 2.05) is 0 Å². The van der Waals surface area contributed by atoms with Crippen LogP contribution in [-0.4, -0.2) is 25.1 Å². The Morgan fingerprint density at radius 1 is 1.15 bits per heavy atom. The lowest BCUT2D eigenvalue weighted by atomic mass is 9.87. The molecular formula is C19H24N2O3S2. The highest BCUT2D eigenvalue weighted by molar-refractivity contribution is 7.91. The molecule has 0 aliphatic heterocycles. The Morgan fingerprint density at radius 2 is 1.88 bits per heavy atom. The lowest BCUT2D eigenvalue weighted by molar-refractivity contribution is -0.120. The zero-order chi connectivity index (χ0) is 18.4. The van der Waals surface area contributed by atoms with Crippen molar-refractivity contribution in [2.24, 2.45) is 0 Å². The van der Waals surface area contributed by atoms with Crippen LogP contribution in [0.25, 0.3) is 0 Å². The van der Waals surface area contributed by atoms with Crippen molar-refractivity contribution in [1.29, 1.82) is 0 Å². The maximum absolute atomic E-state index is 12.2. The zero-order valence-corrected chi connectivity index (χ0v) is 16.3. The number of aromatic nitrogens is 1. The number of carbonyl (C=O) groups is 1. The molecule has 1 saturated carbocycles. The molecule has 1 aromatic carbocycles. The summed E-state index contributed by atoms with van der Waals surface area (Å²) in [6.45, 7) is 0.363. The lowest BCUT2D eigenvalue weighted by Crippen LogP contribution is -2.25. The summed E-state index contributed by atoms with van der Waals surface area (Å²) >= 11 is 1.56. The molecule has 7 heteroatoms. The summed E-state index contributed by atoms with van der Waals surface area (Å²) in [6, 6.07) is 8.23. The number of amides is 1. The Morgan fingerprint density at radius 3 is 2.62 bits per heavy atom. The number of thiazole rings is 1. The quantitative estimate of drug-likeness (QED) is 0.780. The van der Waals surface area contributed by atoms with Gasteiger partial charge < -0.3 is 5.32 Å². The summed E-state index contributed by atoms with van der Waals surface area (Å²) in [7, 11) is -3.42. The van der Waals surface area contributed by atoms with Gasteiger partial charge in [-0.25, -0.2) is 13.4 Å². The number of rotatable bonds is 7. The molecule has 0 radical (unpaired) electrons. The number of hydrogen-bond donors (Lipinski definition) is 1. The van der Waals surface area contributed by atoms with E-state index in [0.717, 1.165) is 10.7 Å². The van der Waals surface area contributed by atoms with Crippen LogP contribution in [0.15, 0.2) is 40.6 Å². The number of carbonyl (C=O) groups excluding carboxylic acids is 1. The Kier molecular flexibility index (Phi) is 6.43. The number of nitrogens with one attached hydrogen (secondary N) is 1. The van der Waals surface area contributed by atoms with Gasteiger partial charge in [-0.2, -0.15) is 0 Å². The molecule has 1 amide bonds. The molecule has 0 atom stereocenters. The maximum atomic E-state index is 12.2. The van der Waals surface area contributed by atoms with Crippen LogP contribution in [-0.2, 0) is 21.2 Å². The van der Waals surface area contributed by atoms with Crippen LogP contribution in [0, 0.1) is 0 Å². The topological polar surface area (TPSA) is 76.1 Å². The van der Waals surface area contributed by atoms with Gasteiger partial charge in [0.1, 0.15) is 5.01 Å². The Balaban J connectivity index is 1.46. The van der Waals surface area contributed by atoms with Crippen molar-refractivity contribution in [3.8, 4) is 0 Å². The van der Waals surface area contributed by atoms with Crippen LogP contribution in [0.2, 0.25) is 0 Å². The standard InChI is InChI=1S/C19H24N2O3S2/c22-18(11-12-26(23,24)16-9-5-2-6-10-16)20-13-19-21-17(14-25-19)15-7-3-1-4-8-15/h2,5-6,9-10,14-15H,1,3-4,7-8,11-13H2,(H,20,22). The first-order valence-electron chi connectivity index (χ1n) is 9.03. The molecular weight excluding hydrogens is 368 g/mol. The van der Waals surface area contributed by atoms with Gasteiger partial charge in [0.15, 0.2) is 9.84 Å². The van der Waals surface area contributed by atoms with Crippen molar-refractivity contribution in [2.45, 2.75) is 55.9 Å². The van der Waals surface area contributed by atoms with Crippen molar-refractivity contribution < 1.29 is 13.2 Å². The summed E-state index contributed by atoms with van der Waals surface area (Å²) in [5, 5.41) is 5.76. The molecule has 5 nitrogen and oxygen atoms in total. The molecule has 1 aliphatic rings. The third-order valence-corrected chi connectivity index (χ3v) is 7.33. The van der Waals surface area contributed by atoms with Crippen LogP contribution in [0.3, 0.4) is 0 Å². The fourth-order valence-corrected chi connectivity index (χ4v) is 5.30. The molecule has 0 spiro atoms. The molecule has 0 unspecified atom stereocenters. The summed E-state index contributed by atoms with van der Waals surface area (Å²) in [5.74, 6) is 0.105. The van der Waals surface area contributed by atoms with Gasteiger partial charge in [-0.3, -0.25) is 4.79 Å². The minimum Gasteiger partial charge on any atom is -0.350 e. The number of benzene rings is 1. The summed E-state index contributed by atoms with van der Waals surface area (Å²) in [6.07, 6.45) is 6.21. The number of hydrogen-bond acceptors (Lipinski definition) is 5.